The smallest absolute Gasteiger partial charge is 0.193 e. The van der Waals surface area contributed by atoms with E-state index in [1.165, 1.54) is 9.75 Å². The summed E-state index contributed by atoms with van der Waals surface area (Å²) in [5, 5.41) is 3.89. The minimum atomic E-state index is 0.0820. The lowest BCUT2D eigenvalue weighted by Gasteiger charge is -2.17. The molecular weight excluding hydrogens is 278 g/mol. The van der Waals surface area contributed by atoms with Crippen LogP contribution in [0.3, 0.4) is 0 Å². The first-order valence-corrected chi connectivity index (χ1v) is 7.70. The highest BCUT2D eigenvalue weighted by Gasteiger charge is 2.22. The number of nitrogens with one attached hydrogen (secondary N) is 1. The Kier molecular flexibility index (Phi) is 4.39. The van der Waals surface area contributed by atoms with Gasteiger partial charge < -0.3 is 9.73 Å². The van der Waals surface area contributed by atoms with Crippen molar-refractivity contribution in [2.45, 2.75) is 39.2 Å². The largest absolute Gasteiger partial charge is 0.448 e. The Labute approximate surface area is 123 Å². The standard InChI is InChI=1S/C15H20ClNOS/c1-5-17-14(10-6-9-13(16)18-10)11-7-8-12(19-11)15(2,3)4/h6-9,14,17H,5H2,1-4H3. The molecule has 1 atom stereocenters. The van der Waals surface area contributed by atoms with Gasteiger partial charge in [0.15, 0.2) is 5.22 Å². The highest BCUT2D eigenvalue weighted by atomic mass is 35.5. The van der Waals surface area contributed by atoms with E-state index in [9.17, 15) is 0 Å². The van der Waals surface area contributed by atoms with Gasteiger partial charge in [-0.3, -0.25) is 0 Å². The van der Waals surface area contributed by atoms with Crippen molar-refractivity contribution in [3.8, 4) is 0 Å². The van der Waals surface area contributed by atoms with Crippen molar-refractivity contribution in [2.75, 3.05) is 6.54 Å². The highest BCUT2D eigenvalue weighted by molar-refractivity contribution is 7.12. The summed E-state index contributed by atoms with van der Waals surface area (Å²) in [6, 6.07) is 8.19. The number of hydrogen-bond acceptors (Lipinski definition) is 3. The molecule has 0 spiro atoms. The second-order valence-corrected chi connectivity index (χ2v) is 7.07. The molecule has 2 aromatic rings. The topological polar surface area (TPSA) is 25.2 Å². The molecule has 4 heteroatoms. The molecule has 0 aromatic carbocycles. The van der Waals surface area contributed by atoms with Crippen LogP contribution in [-0.4, -0.2) is 6.54 Å². The van der Waals surface area contributed by atoms with Gasteiger partial charge in [0.05, 0.1) is 0 Å². The van der Waals surface area contributed by atoms with Crippen LogP contribution in [0.5, 0.6) is 0 Å². The maximum absolute atomic E-state index is 5.88. The third-order valence-corrected chi connectivity index (χ3v) is 4.72. The Balaban J connectivity index is 2.32. The van der Waals surface area contributed by atoms with E-state index in [4.69, 9.17) is 16.0 Å². The van der Waals surface area contributed by atoms with Gasteiger partial charge in [0.2, 0.25) is 0 Å². The lowest BCUT2D eigenvalue weighted by Crippen LogP contribution is -2.20. The van der Waals surface area contributed by atoms with Crippen LogP contribution in [0.25, 0.3) is 0 Å². The lowest BCUT2D eigenvalue weighted by molar-refractivity contribution is 0.456. The predicted molar refractivity (Wildman–Crippen MR) is 82.3 cm³/mol. The monoisotopic (exact) mass is 297 g/mol. The van der Waals surface area contributed by atoms with E-state index in [2.05, 4.69) is 45.1 Å². The van der Waals surface area contributed by atoms with Gasteiger partial charge in [-0.15, -0.1) is 11.3 Å². The molecular formula is C15H20ClNOS. The summed E-state index contributed by atoms with van der Waals surface area (Å²) in [6.07, 6.45) is 0. The maximum Gasteiger partial charge on any atom is 0.193 e. The van der Waals surface area contributed by atoms with Gasteiger partial charge in [-0.1, -0.05) is 27.7 Å². The molecule has 0 saturated heterocycles. The first-order valence-electron chi connectivity index (χ1n) is 6.50. The number of rotatable bonds is 4. The van der Waals surface area contributed by atoms with Crippen LogP contribution in [-0.2, 0) is 5.41 Å². The van der Waals surface area contributed by atoms with Crippen molar-refractivity contribution in [2.24, 2.45) is 0 Å². The first-order chi connectivity index (χ1) is 8.91. The molecule has 1 unspecified atom stereocenters. The summed E-state index contributed by atoms with van der Waals surface area (Å²) in [5.74, 6) is 0.870. The molecule has 0 fully saturated rings. The van der Waals surface area contributed by atoms with E-state index in [-0.39, 0.29) is 11.5 Å². The van der Waals surface area contributed by atoms with Crippen molar-refractivity contribution in [3.63, 3.8) is 0 Å². The fourth-order valence-corrected chi connectivity index (χ4v) is 3.24. The third kappa shape index (κ3) is 3.41. The zero-order valence-corrected chi connectivity index (χ0v) is 13.4. The molecule has 0 aliphatic carbocycles. The number of hydrogen-bond donors (Lipinski definition) is 1. The molecule has 19 heavy (non-hydrogen) atoms. The second kappa shape index (κ2) is 5.70. The van der Waals surface area contributed by atoms with Crippen LogP contribution in [0.1, 0.15) is 49.3 Å². The van der Waals surface area contributed by atoms with Gasteiger partial charge in [-0.25, -0.2) is 0 Å². The van der Waals surface area contributed by atoms with Crippen LogP contribution < -0.4 is 5.32 Å². The van der Waals surface area contributed by atoms with Gasteiger partial charge in [-0.05, 0) is 47.8 Å². The Morgan fingerprint density at radius 1 is 1.26 bits per heavy atom. The number of furan rings is 1. The van der Waals surface area contributed by atoms with Crippen molar-refractivity contribution in [3.05, 3.63) is 45.0 Å². The van der Waals surface area contributed by atoms with E-state index in [0.717, 1.165) is 12.3 Å². The molecule has 1 N–H and O–H groups in total. The van der Waals surface area contributed by atoms with Gasteiger partial charge in [0, 0.05) is 9.75 Å². The average Bonchev–Trinajstić information content (AvgIpc) is 2.93. The Bertz CT molecular complexity index is 538. The van der Waals surface area contributed by atoms with E-state index >= 15 is 0 Å². The molecule has 0 radical (unpaired) electrons. The molecule has 0 aliphatic rings. The van der Waals surface area contributed by atoms with Crippen LogP contribution in [0.15, 0.2) is 28.7 Å². The lowest BCUT2D eigenvalue weighted by atomic mass is 9.95. The van der Waals surface area contributed by atoms with Gasteiger partial charge in [0.1, 0.15) is 11.8 Å². The molecule has 0 saturated carbocycles. The van der Waals surface area contributed by atoms with Crippen molar-refractivity contribution in [1.82, 2.24) is 5.32 Å². The molecule has 2 aromatic heterocycles. The summed E-state index contributed by atoms with van der Waals surface area (Å²) in [4.78, 5) is 2.64. The quantitative estimate of drug-likeness (QED) is 0.860. The van der Waals surface area contributed by atoms with E-state index in [1.54, 1.807) is 6.07 Å². The van der Waals surface area contributed by atoms with E-state index in [0.29, 0.717) is 5.22 Å². The Hall–Kier alpha value is -0.770. The van der Waals surface area contributed by atoms with Crippen molar-refractivity contribution < 1.29 is 4.42 Å². The van der Waals surface area contributed by atoms with Crippen LogP contribution in [0, 0.1) is 0 Å². The summed E-state index contributed by atoms with van der Waals surface area (Å²) in [6.45, 7) is 9.67. The van der Waals surface area contributed by atoms with Crippen LogP contribution in [0.4, 0.5) is 0 Å². The predicted octanol–water partition coefficient (Wildman–Crippen LogP) is 4.99. The van der Waals surface area contributed by atoms with E-state index in [1.807, 2.05) is 17.4 Å². The maximum atomic E-state index is 5.88. The minimum absolute atomic E-state index is 0.0820. The summed E-state index contributed by atoms with van der Waals surface area (Å²) >= 11 is 7.71. The second-order valence-electron chi connectivity index (χ2n) is 5.58. The normalized spacial score (nSPS) is 13.7. The van der Waals surface area contributed by atoms with Crippen LogP contribution in [0.2, 0.25) is 5.22 Å². The molecule has 2 heterocycles. The first kappa shape index (κ1) is 14.6. The fraction of sp³-hybridized carbons (Fsp3) is 0.467. The van der Waals surface area contributed by atoms with Gasteiger partial charge >= 0.3 is 0 Å². The molecule has 2 nitrogen and oxygen atoms in total. The number of halogens is 1. The summed E-state index contributed by atoms with van der Waals surface area (Å²) < 4.78 is 5.56. The average molecular weight is 298 g/mol. The molecule has 0 bridgehead atoms. The fourth-order valence-electron chi connectivity index (χ4n) is 1.94. The van der Waals surface area contributed by atoms with Gasteiger partial charge in [0.25, 0.3) is 0 Å². The zero-order chi connectivity index (χ0) is 14.0. The van der Waals surface area contributed by atoms with Gasteiger partial charge in [-0.2, -0.15) is 0 Å². The molecule has 2 rings (SSSR count). The van der Waals surface area contributed by atoms with E-state index < -0.39 is 0 Å². The Morgan fingerprint density at radius 2 is 2.00 bits per heavy atom. The zero-order valence-electron chi connectivity index (χ0n) is 11.8. The molecule has 0 aliphatic heterocycles. The van der Waals surface area contributed by atoms with Crippen molar-refractivity contribution in [1.29, 1.82) is 0 Å². The SMILES string of the molecule is CCNC(c1ccc(Cl)o1)c1ccc(C(C)(C)C)s1. The minimum Gasteiger partial charge on any atom is -0.448 e. The molecule has 104 valence electrons. The highest BCUT2D eigenvalue weighted by Crippen LogP contribution is 2.35. The third-order valence-electron chi connectivity index (χ3n) is 2.94. The number of thiophene rings is 1. The Morgan fingerprint density at radius 3 is 2.47 bits per heavy atom. The summed E-state index contributed by atoms with van der Waals surface area (Å²) in [5.41, 5.74) is 0.181. The summed E-state index contributed by atoms with van der Waals surface area (Å²) in [7, 11) is 0. The van der Waals surface area contributed by atoms with Crippen molar-refractivity contribution >= 4 is 22.9 Å². The van der Waals surface area contributed by atoms with Crippen LogP contribution >= 0.6 is 22.9 Å². The molecule has 0 amide bonds.